The number of aryl methyl sites for hydroxylation is 1. The Hall–Kier alpha value is -1.52. The van der Waals surface area contributed by atoms with Gasteiger partial charge in [0.05, 0.1) is 11.5 Å². The molecule has 0 saturated heterocycles. The van der Waals surface area contributed by atoms with Crippen LogP contribution in [-0.2, 0) is 11.0 Å². The van der Waals surface area contributed by atoms with E-state index in [1.165, 1.54) is 6.07 Å². The minimum atomic E-state index is -4.37. The van der Waals surface area contributed by atoms with E-state index in [1.54, 1.807) is 20.8 Å². The molecule has 0 bridgehead atoms. The first kappa shape index (κ1) is 14.5. The van der Waals surface area contributed by atoms with Gasteiger partial charge in [-0.05, 0) is 36.1 Å². The summed E-state index contributed by atoms with van der Waals surface area (Å²) in [5.74, 6) is -1.92. The Balaban J connectivity index is 3.10. The molecule has 0 heterocycles. The molecule has 100 valence electrons. The van der Waals surface area contributed by atoms with E-state index in [-0.39, 0.29) is 5.92 Å². The zero-order valence-corrected chi connectivity index (χ0v) is 10.4. The average Bonchev–Trinajstić information content (AvgIpc) is 2.25. The molecule has 2 unspecified atom stereocenters. The lowest BCUT2D eigenvalue weighted by molar-refractivity contribution is -0.142. The Labute approximate surface area is 103 Å². The monoisotopic (exact) mass is 260 g/mol. The van der Waals surface area contributed by atoms with E-state index in [2.05, 4.69) is 0 Å². The number of hydrogen-bond donors (Lipinski definition) is 1. The first-order valence-electron chi connectivity index (χ1n) is 5.55. The molecule has 1 aromatic rings. The number of halogens is 3. The summed E-state index contributed by atoms with van der Waals surface area (Å²) in [5.41, 5.74) is 0.391. The Kier molecular flexibility index (Phi) is 4.04. The third-order valence-electron chi connectivity index (χ3n) is 3.23. The van der Waals surface area contributed by atoms with Gasteiger partial charge in [-0.1, -0.05) is 19.9 Å². The molecule has 18 heavy (non-hydrogen) atoms. The van der Waals surface area contributed by atoms with Crippen LogP contribution in [-0.4, -0.2) is 11.1 Å². The summed E-state index contributed by atoms with van der Waals surface area (Å²) in [6, 6.07) is 3.41. The fourth-order valence-electron chi connectivity index (χ4n) is 1.85. The molecule has 0 aliphatic rings. The number of rotatable bonds is 3. The molecule has 0 saturated carbocycles. The normalized spacial score (nSPS) is 15.2. The summed E-state index contributed by atoms with van der Waals surface area (Å²) in [5, 5.41) is 8.91. The van der Waals surface area contributed by atoms with Gasteiger partial charge < -0.3 is 5.11 Å². The predicted molar refractivity (Wildman–Crippen MR) is 61.4 cm³/mol. The highest BCUT2D eigenvalue weighted by atomic mass is 19.4. The first-order chi connectivity index (χ1) is 8.14. The van der Waals surface area contributed by atoms with Gasteiger partial charge in [0.25, 0.3) is 0 Å². The highest BCUT2D eigenvalue weighted by molar-refractivity contribution is 5.71. The standard InChI is InChI=1S/C13H15F3O2/c1-7-6-10(13(14,15)16)4-5-11(7)8(2)9(3)12(17)18/h4-6,8-9H,1-3H3,(H,17,18). The van der Waals surface area contributed by atoms with Crippen LogP contribution >= 0.6 is 0 Å². The lowest BCUT2D eigenvalue weighted by atomic mass is 9.86. The van der Waals surface area contributed by atoms with Gasteiger partial charge in [-0.25, -0.2) is 0 Å². The summed E-state index contributed by atoms with van der Waals surface area (Å²) in [7, 11) is 0. The quantitative estimate of drug-likeness (QED) is 0.896. The van der Waals surface area contributed by atoms with E-state index in [4.69, 9.17) is 5.11 Å². The van der Waals surface area contributed by atoms with Crippen molar-refractivity contribution in [3.05, 3.63) is 34.9 Å². The van der Waals surface area contributed by atoms with Crippen molar-refractivity contribution in [3.8, 4) is 0 Å². The molecule has 2 nitrogen and oxygen atoms in total. The second kappa shape index (κ2) is 5.00. The molecule has 0 amide bonds. The summed E-state index contributed by atoms with van der Waals surface area (Å²) in [6.07, 6.45) is -4.37. The average molecular weight is 260 g/mol. The minimum Gasteiger partial charge on any atom is -0.481 e. The maximum Gasteiger partial charge on any atom is 0.416 e. The number of alkyl halides is 3. The third kappa shape index (κ3) is 3.03. The zero-order valence-electron chi connectivity index (χ0n) is 10.4. The van der Waals surface area contributed by atoms with Crippen LogP contribution in [0, 0.1) is 12.8 Å². The van der Waals surface area contributed by atoms with Crippen molar-refractivity contribution in [2.45, 2.75) is 32.9 Å². The molecule has 1 N–H and O–H groups in total. The minimum absolute atomic E-state index is 0.329. The van der Waals surface area contributed by atoms with E-state index < -0.39 is 23.6 Å². The van der Waals surface area contributed by atoms with Crippen LogP contribution < -0.4 is 0 Å². The number of aliphatic carboxylic acids is 1. The van der Waals surface area contributed by atoms with Crippen molar-refractivity contribution in [3.63, 3.8) is 0 Å². The first-order valence-corrected chi connectivity index (χ1v) is 5.55. The Morgan fingerprint density at radius 1 is 1.28 bits per heavy atom. The van der Waals surface area contributed by atoms with E-state index >= 15 is 0 Å². The summed E-state index contributed by atoms with van der Waals surface area (Å²) >= 11 is 0. The number of carboxylic acid groups (broad SMARTS) is 1. The molecule has 1 aromatic carbocycles. The van der Waals surface area contributed by atoms with Gasteiger partial charge in [-0.3, -0.25) is 4.79 Å². The Morgan fingerprint density at radius 2 is 1.83 bits per heavy atom. The molecule has 0 radical (unpaired) electrons. The molecule has 0 fully saturated rings. The molecular weight excluding hydrogens is 245 g/mol. The van der Waals surface area contributed by atoms with Crippen molar-refractivity contribution < 1.29 is 23.1 Å². The van der Waals surface area contributed by atoms with Crippen LogP contribution in [0.2, 0.25) is 0 Å². The van der Waals surface area contributed by atoms with Gasteiger partial charge in [-0.15, -0.1) is 0 Å². The van der Waals surface area contributed by atoms with E-state index in [0.29, 0.717) is 11.1 Å². The van der Waals surface area contributed by atoms with Crippen molar-refractivity contribution >= 4 is 5.97 Å². The third-order valence-corrected chi connectivity index (χ3v) is 3.23. The van der Waals surface area contributed by atoms with Crippen molar-refractivity contribution in [1.29, 1.82) is 0 Å². The topological polar surface area (TPSA) is 37.3 Å². The van der Waals surface area contributed by atoms with E-state index in [9.17, 15) is 18.0 Å². The highest BCUT2D eigenvalue weighted by Crippen LogP contribution is 2.33. The second-order valence-electron chi connectivity index (χ2n) is 4.48. The summed E-state index contributed by atoms with van der Waals surface area (Å²) in [6.45, 7) is 4.81. The van der Waals surface area contributed by atoms with E-state index in [0.717, 1.165) is 12.1 Å². The van der Waals surface area contributed by atoms with Crippen LogP contribution in [0.3, 0.4) is 0 Å². The molecule has 5 heteroatoms. The molecule has 1 rings (SSSR count). The largest absolute Gasteiger partial charge is 0.481 e. The maximum absolute atomic E-state index is 12.5. The molecule has 0 aliphatic heterocycles. The fraction of sp³-hybridized carbons (Fsp3) is 0.462. The van der Waals surface area contributed by atoms with Crippen molar-refractivity contribution in [2.24, 2.45) is 5.92 Å². The van der Waals surface area contributed by atoms with Crippen LogP contribution in [0.1, 0.15) is 36.5 Å². The van der Waals surface area contributed by atoms with Crippen molar-refractivity contribution in [2.75, 3.05) is 0 Å². The van der Waals surface area contributed by atoms with Gasteiger partial charge in [-0.2, -0.15) is 13.2 Å². The van der Waals surface area contributed by atoms with Gasteiger partial charge in [0.1, 0.15) is 0 Å². The number of carboxylic acids is 1. The van der Waals surface area contributed by atoms with Crippen LogP contribution in [0.15, 0.2) is 18.2 Å². The SMILES string of the molecule is Cc1cc(C(F)(F)F)ccc1C(C)C(C)C(=O)O. The Morgan fingerprint density at radius 3 is 2.22 bits per heavy atom. The van der Waals surface area contributed by atoms with Crippen molar-refractivity contribution in [1.82, 2.24) is 0 Å². The lowest BCUT2D eigenvalue weighted by Gasteiger charge is -2.19. The van der Waals surface area contributed by atoms with E-state index in [1.807, 2.05) is 0 Å². The Bertz CT molecular complexity index is 452. The maximum atomic E-state index is 12.5. The smallest absolute Gasteiger partial charge is 0.416 e. The van der Waals surface area contributed by atoms with Gasteiger partial charge in [0.2, 0.25) is 0 Å². The summed E-state index contributed by atoms with van der Waals surface area (Å²) in [4.78, 5) is 10.9. The van der Waals surface area contributed by atoms with Crippen LogP contribution in [0.4, 0.5) is 13.2 Å². The lowest BCUT2D eigenvalue weighted by Crippen LogP contribution is -2.17. The predicted octanol–water partition coefficient (Wildman–Crippen LogP) is 3.84. The van der Waals surface area contributed by atoms with Crippen LogP contribution in [0.5, 0.6) is 0 Å². The fourth-order valence-corrected chi connectivity index (χ4v) is 1.85. The second-order valence-corrected chi connectivity index (χ2v) is 4.48. The highest BCUT2D eigenvalue weighted by Gasteiger charge is 2.31. The molecule has 2 atom stereocenters. The van der Waals surface area contributed by atoms with Gasteiger partial charge >= 0.3 is 12.1 Å². The molecular formula is C13H15F3O2. The van der Waals surface area contributed by atoms with Crippen LogP contribution in [0.25, 0.3) is 0 Å². The van der Waals surface area contributed by atoms with Gasteiger partial charge in [0, 0.05) is 0 Å². The number of benzene rings is 1. The summed E-state index contributed by atoms with van der Waals surface area (Å²) < 4.78 is 37.5. The molecule has 0 aliphatic carbocycles. The number of carbonyl (C=O) groups is 1. The zero-order chi connectivity index (χ0) is 14.1. The molecule has 0 spiro atoms. The van der Waals surface area contributed by atoms with Gasteiger partial charge in [0.15, 0.2) is 0 Å². The number of hydrogen-bond acceptors (Lipinski definition) is 1. The molecule has 0 aromatic heterocycles.